The summed E-state index contributed by atoms with van der Waals surface area (Å²) in [6.45, 7) is 1.00. The van der Waals surface area contributed by atoms with Crippen LogP contribution in [-0.2, 0) is 19.9 Å². The number of nitrogens with zero attached hydrogens (tertiary/aromatic N) is 3. The lowest BCUT2D eigenvalue weighted by Crippen LogP contribution is -2.28. The number of hydrogen-bond donors (Lipinski definition) is 1. The maximum Gasteiger partial charge on any atom is 0.138 e. The number of rotatable bonds is 7. The molecule has 1 saturated carbocycles. The average Bonchev–Trinajstić information content (AvgIpc) is 3.22. The van der Waals surface area contributed by atoms with Crippen LogP contribution in [0.3, 0.4) is 0 Å². The molecule has 1 aliphatic rings. The molecule has 1 aromatic heterocycles. The summed E-state index contributed by atoms with van der Waals surface area (Å²) in [5, 5.41) is 8.64. The van der Waals surface area contributed by atoms with Gasteiger partial charge in [-0.1, -0.05) is 29.8 Å². The van der Waals surface area contributed by atoms with E-state index < -0.39 is 0 Å². The van der Waals surface area contributed by atoms with Crippen molar-refractivity contribution < 1.29 is 0 Å². The lowest BCUT2D eigenvalue weighted by atomic mass is 9.95. The van der Waals surface area contributed by atoms with Crippen molar-refractivity contribution >= 4 is 11.6 Å². The fourth-order valence-electron chi connectivity index (χ4n) is 2.58. The smallest absolute Gasteiger partial charge is 0.138 e. The van der Waals surface area contributed by atoms with Gasteiger partial charge in [-0.3, -0.25) is 4.68 Å². The fourth-order valence-corrected chi connectivity index (χ4v) is 2.79. The summed E-state index contributed by atoms with van der Waals surface area (Å²) in [5.74, 6) is 1.51. The van der Waals surface area contributed by atoms with Crippen molar-refractivity contribution in [1.82, 2.24) is 20.1 Å². The zero-order chi connectivity index (χ0) is 14.7. The highest BCUT2D eigenvalue weighted by Gasteiger charge is 2.23. The molecule has 5 heteroatoms. The Kier molecular flexibility index (Phi) is 4.56. The first-order chi connectivity index (χ1) is 10.2. The SMILES string of the molecule is Cn1ncnc1CC(CNC1CC1)Cc1ccccc1Cl. The molecule has 2 aromatic rings. The Balaban J connectivity index is 1.68. The molecule has 1 fully saturated rings. The Morgan fingerprint density at radius 1 is 1.33 bits per heavy atom. The van der Waals surface area contributed by atoms with Crippen LogP contribution in [0.5, 0.6) is 0 Å². The van der Waals surface area contributed by atoms with E-state index in [2.05, 4.69) is 27.5 Å². The second-order valence-corrected chi connectivity index (χ2v) is 6.26. The molecular formula is C16H21ClN4. The molecule has 1 atom stereocenters. The van der Waals surface area contributed by atoms with Gasteiger partial charge >= 0.3 is 0 Å². The van der Waals surface area contributed by atoms with Gasteiger partial charge in [0.2, 0.25) is 0 Å². The van der Waals surface area contributed by atoms with Gasteiger partial charge in [0.15, 0.2) is 0 Å². The molecule has 1 aliphatic carbocycles. The van der Waals surface area contributed by atoms with Crippen molar-refractivity contribution in [3.8, 4) is 0 Å². The number of nitrogens with one attached hydrogen (secondary N) is 1. The summed E-state index contributed by atoms with van der Waals surface area (Å²) in [4.78, 5) is 4.35. The fraction of sp³-hybridized carbons (Fsp3) is 0.500. The van der Waals surface area contributed by atoms with Crippen molar-refractivity contribution in [2.45, 2.75) is 31.7 Å². The van der Waals surface area contributed by atoms with Crippen molar-refractivity contribution in [3.63, 3.8) is 0 Å². The van der Waals surface area contributed by atoms with Crippen LogP contribution < -0.4 is 5.32 Å². The van der Waals surface area contributed by atoms with Crippen LogP contribution in [-0.4, -0.2) is 27.4 Å². The van der Waals surface area contributed by atoms with Gasteiger partial charge in [-0.2, -0.15) is 5.10 Å². The van der Waals surface area contributed by atoms with E-state index in [1.54, 1.807) is 6.33 Å². The molecule has 0 bridgehead atoms. The third-order valence-electron chi connectivity index (χ3n) is 4.02. The van der Waals surface area contributed by atoms with Crippen molar-refractivity contribution in [2.24, 2.45) is 13.0 Å². The van der Waals surface area contributed by atoms with Gasteiger partial charge in [0.05, 0.1) is 0 Å². The maximum atomic E-state index is 6.30. The van der Waals surface area contributed by atoms with E-state index in [1.165, 1.54) is 18.4 Å². The van der Waals surface area contributed by atoms with Crippen LogP contribution in [0.4, 0.5) is 0 Å². The number of hydrogen-bond acceptors (Lipinski definition) is 3. The van der Waals surface area contributed by atoms with E-state index in [4.69, 9.17) is 11.6 Å². The van der Waals surface area contributed by atoms with Crippen LogP contribution in [0.25, 0.3) is 0 Å². The molecule has 0 spiro atoms. The minimum atomic E-state index is 0.480. The predicted molar refractivity (Wildman–Crippen MR) is 84.4 cm³/mol. The number of aryl methyl sites for hydroxylation is 1. The first-order valence-electron chi connectivity index (χ1n) is 7.52. The largest absolute Gasteiger partial charge is 0.314 e. The summed E-state index contributed by atoms with van der Waals surface area (Å²) in [6.07, 6.45) is 6.12. The molecular weight excluding hydrogens is 284 g/mol. The number of aromatic nitrogens is 3. The van der Waals surface area contributed by atoms with Gasteiger partial charge in [0.25, 0.3) is 0 Å². The van der Waals surface area contributed by atoms with Crippen LogP contribution in [0, 0.1) is 5.92 Å². The first kappa shape index (κ1) is 14.5. The molecule has 0 saturated heterocycles. The Labute approximate surface area is 130 Å². The monoisotopic (exact) mass is 304 g/mol. The highest BCUT2D eigenvalue weighted by molar-refractivity contribution is 6.31. The lowest BCUT2D eigenvalue weighted by Gasteiger charge is -2.18. The zero-order valence-electron chi connectivity index (χ0n) is 12.3. The standard InChI is InChI=1S/C16H21ClN4/c1-21-16(19-11-20-21)9-12(10-18-14-6-7-14)8-13-4-2-3-5-15(13)17/h2-5,11-12,14,18H,6-10H2,1H3. The Morgan fingerprint density at radius 2 is 2.14 bits per heavy atom. The van der Waals surface area contributed by atoms with Gasteiger partial charge < -0.3 is 5.32 Å². The van der Waals surface area contributed by atoms with Gasteiger partial charge in [-0.15, -0.1) is 0 Å². The molecule has 1 heterocycles. The Bertz CT molecular complexity index is 591. The summed E-state index contributed by atoms with van der Waals surface area (Å²) in [5.41, 5.74) is 1.21. The van der Waals surface area contributed by atoms with E-state index >= 15 is 0 Å². The third-order valence-corrected chi connectivity index (χ3v) is 4.38. The summed E-state index contributed by atoms with van der Waals surface area (Å²) in [7, 11) is 1.95. The molecule has 1 aromatic carbocycles. The van der Waals surface area contributed by atoms with Crippen LogP contribution in [0.1, 0.15) is 24.2 Å². The highest BCUT2D eigenvalue weighted by Crippen LogP contribution is 2.23. The number of benzene rings is 1. The quantitative estimate of drug-likeness (QED) is 0.855. The van der Waals surface area contributed by atoms with Crippen molar-refractivity contribution in [3.05, 3.63) is 47.0 Å². The van der Waals surface area contributed by atoms with Crippen LogP contribution in [0.2, 0.25) is 5.02 Å². The molecule has 0 aliphatic heterocycles. The summed E-state index contributed by atoms with van der Waals surface area (Å²) < 4.78 is 1.86. The van der Waals surface area contributed by atoms with Gasteiger partial charge in [0, 0.05) is 24.5 Å². The Hall–Kier alpha value is -1.39. The van der Waals surface area contributed by atoms with Crippen LogP contribution >= 0.6 is 11.6 Å². The molecule has 0 radical (unpaired) electrons. The van der Waals surface area contributed by atoms with Gasteiger partial charge in [-0.05, 0) is 43.4 Å². The normalized spacial score (nSPS) is 16.1. The second-order valence-electron chi connectivity index (χ2n) is 5.85. The molecule has 112 valence electrons. The van der Waals surface area contributed by atoms with E-state index in [9.17, 15) is 0 Å². The van der Waals surface area contributed by atoms with Crippen molar-refractivity contribution in [2.75, 3.05) is 6.54 Å². The zero-order valence-corrected chi connectivity index (χ0v) is 13.1. The lowest BCUT2D eigenvalue weighted by molar-refractivity contribution is 0.451. The Morgan fingerprint density at radius 3 is 2.81 bits per heavy atom. The van der Waals surface area contributed by atoms with E-state index in [0.29, 0.717) is 5.92 Å². The summed E-state index contributed by atoms with van der Waals surface area (Å²) >= 11 is 6.30. The van der Waals surface area contributed by atoms with E-state index in [0.717, 1.165) is 36.3 Å². The topological polar surface area (TPSA) is 42.7 Å². The first-order valence-corrected chi connectivity index (χ1v) is 7.90. The molecule has 3 rings (SSSR count). The van der Waals surface area contributed by atoms with E-state index in [-0.39, 0.29) is 0 Å². The highest BCUT2D eigenvalue weighted by atomic mass is 35.5. The molecule has 1 unspecified atom stereocenters. The minimum absolute atomic E-state index is 0.480. The maximum absolute atomic E-state index is 6.30. The molecule has 4 nitrogen and oxygen atoms in total. The van der Waals surface area contributed by atoms with Gasteiger partial charge in [0.1, 0.15) is 12.2 Å². The number of halogens is 1. The molecule has 21 heavy (non-hydrogen) atoms. The predicted octanol–water partition coefficient (Wildman–Crippen LogP) is 2.62. The average molecular weight is 305 g/mol. The molecule has 1 N–H and O–H groups in total. The molecule has 0 amide bonds. The minimum Gasteiger partial charge on any atom is -0.314 e. The second kappa shape index (κ2) is 6.58. The summed E-state index contributed by atoms with van der Waals surface area (Å²) in [6, 6.07) is 8.83. The van der Waals surface area contributed by atoms with Crippen LogP contribution in [0.15, 0.2) is 30.6 Å². The third kappa shape index (κ3) is 4.05. The van der Waals surface area contributed by atoms with Gasteiger partial charge in [-0.25, -0.2) is 4.98 Å². The van der Waals surface area contributed by atoms with E-state index in [1.807, 2.05) is 23.9 Å². The van der Waals surface area contributed by atoms with Crippen molar-refractivity contribution in [1.29, 1.82) is 0 Å².